The highest BCUT2D eigenvalue weighted by atomic mass is 19.1. The zero-order valence-corrected chi connectivity index (χ0v) is 24.0. The number of rotatable bonds is 10. The maximum atomic E-state index is 15.5. The Hall–Kier alpha value is -3.62. The zero-order chi connectivity index (χ0) is 29.6. The standard InChI is InChI=1S/C33H39F2N3O3/c1-22-10-15-29(34)27(19-22)31-28(8-4-9-30(31)35)33(41,16-6-17-37-23(2)39)26-7-5-18-38(21-26)32(40)25-13-11-24(12-14-25)20-36-3/h4,8-15,19,26,36,41H,5-7,16-18,20-21H2,1-3H3,(H,37,39)/t26-,33+/m1/s1. The Bertz CT molecular complexity index is 1380. The van der Waals surface area contributed by atoms with Gasteiger partial charge in [0.1, 0.15) is 11.6 Å². The first-order chi connectivity index (χ1) is 19.6. The van der Waals surface area contributed by atoms with Crippen molar-refractivity contribution in [3.05, 3.63) is 94.6 Å². The van der Waals surface area contributed by atoms with Crippen LogP contribution in [0.25, 0.3) is 11.1 Å². The van der Waals surface area contributed by atoms with Crippen LogP contribution in [-0.4, -0.2) is 48.5 Å². The minimum absolute atomic E-state index is 0.0271. The van der Waals surface area contributed by atoms with Crippen LogP contribution in [0.5, 0.6) is 0 Å². The predicted molar refractivity (Wildman–Crippen MR) is 156 cm³/mol. The monoisotopic (exact) mass is 563 g/mol. The Morgan fingerprint density at radius 2 is 1.83 bits per heavy atom. The molecule has 0 radical (unpaired) electrons. The van der Waals surface area contributed by atoms with Crippen LogP contribution in [0.3, 0.4) is 0 Å². The molecule has 1 saturated heterocycles. The van der Waals surface area contributed by atoms with Gasteiger partial charge in [0, 0.05) is 55.7 Å². The normalized spacial score (nSPS) is 16.7. The van der Waals surface area contributed by atoms with Gasteiger partial charge in [-0.1, -0.05) is 35.9 Å². The fourth-order valence-electron chi connectivity index (χ4n) is 5.87. The number of nitrogens with one attached hydrogen (secondary N) is 2. The first-order valence-corrected chi connectivity index (χ1v) is 14.2. The topological polar surface area (TPSA) is 81.7 Å². The van der Waals surface area contributed by atoms with Crippen LogP contribution in [-0.2, 0) is 16.9 Å². The third-order valence-electron chi connectivity index (χ3n) is 7.95. The summed E-state index contributed by atoms with van der Waals surface area (Å²) in [5.41, 5.74) is 1.22. The van der Waals surface area contributed by atoms with E-state index in [4.69, 9.17) is 0 Å². The van der Waals surface area contributed by atoms with Gasteiger partial charge in [-0.2, -0.15) is 0 Å². The van der Waals surface area contributed by atoms with Gasteiger partial charge in [-0.25, -0.2) is 8.78 Å². The summed E-state index contributed by atoms with van der Waals surface area (Å²) in [4.78, 5) is 26.7. The largest absolute Gasteiger partial charge is 0.385 e. The predicted octanol–water partition coefficient (Wildman–Crippen LogP) is 5.32. The van der Waals surface area contributed by atoms with E-state index in [1.54, 1.807) is 30.0 Å². The maximum Gasteiger partial charge on any atom is 0.253 e. The number of hydrogen-bond acceptors (Lipinski definition) is 4. The molecule has 0 unspecified atom stereocenters. The Kier molecular flexibility index (Phi) is 9.89. The fourth-order valence-corrected chi connectivity index (χ4v) is 5.87. The third-order valence-corrected chi connectivity index (χ3v) is 7.95. The summed E-state index contributed by atoms with van der Waals surface area (Å²) >= 11 is 0. The second-order valence-electron chi connectivity index (χ2n) is 11.0. The summed E-state index contributed by atoms with van der Waals surface area (Å²) in [6, 6.07) is 16.4. The van der Waals surface area contributed by atoms with Crippen molar-refractivity contribution in [2.24, 2.45) is 5.92 Å². The third kappa shape index (κ3) is 7.00. The number of hydrogen-bond donors (Lipinski definition) is 3. The first kappa shape index (κ1) is 30.3. The lowest BCUT2D eigenvalue weighted by atomic mass is 9.72. The zero-order valence-electron chi connectivity index (χ0n) is 24.0. The van der Waals surface area contributed by atoms with E-state index in [0.717, 1.165) is 11.1 Å². The van der Waals surface area contributed by atoms with Gasteiger partial charge in [-0.3, -0.25) is 9.59 Å². The Balaban J connectivity index is 1.71. The molecule has 3 aromatic rings. The fraction of sp³-hybridized carbons (Fsp3) is 0.394. The lowest BCUT2D eigenvalue weighted by Gasteiger charge is -2.43. The van der Waals surface area contributed by atoms with E-state index in [1.165, 1.54) is 25.1 Å². The highest BCUT2D eigenvalue weighted by Crippen LogP contribution is 2.45. The average molecular weight is 564 g/mol. The van der Waals surface area contributed by atoms with Crippen molar-refractivity contribution in [1.82, 2.24) is 15.5 Å². The molecule has 0 saturated carbocycles. The number of piperidine rings is 1. The van der Waals surface area contributed by atoms with Crippen LogP contribution in [0.2, 0.25) is 0 Å². The molecule has 0 spiro atoms. The summed E-state index contributed by atoms with van der Waals surface area (Å²) < 4.78 is 30.7. The van der Waals surface area contributed by atoms with Gasteiger partial charge in [-0.05, 0) is 81.1 Å². The minimum atomic E-state index is -1.58. The van der Waals surface area contributed by atoms with Crippen LogP contribution in [0, 0.1) is 24.5 Å². The van der Waals surface area contributed by atoms with E-state index in [2.05, 4.69) is 10.6 Å². The molecule has 3 N–H and O–H groups in total. The van der Waals surface area contributed by atoms with E-state index < -0.39 is 23.2 Å². The SMILES string of the molecule is CNCc1ccc(C(=O)N2CCC[C@@H]([C@@](O)(CCCNC(C)=O)c3cccc(F)c3-c3cc(C)ccc3F)C2)cc1. The Morgan fingerprint density at radius 3 is 2.54 bits per heavy atom. The van der Waals surface area contributed by atoms with Crippen molar-refractivity contribution in [2.45, 2.75) is 51.7 Å². The smallest absolute Gasteiger partial charge is 0.253 e. The van der Waals surface area contributed by atoms with Crippen molar-refractivity contribution in [3.8, 4) is 11.1 Å². The molecule has 41 heavy (non-hydrogen) atoms. The first-order valence-electron chi connectivity index (χ1n) is 14.2. The lowest BCUT2D eigenvalue weighted by molar-refractivity contribution is -0.119. The van der Waals surface area contributed by atoms with E-state index in [1.807, 2.05) is 31.3 Å². The van der Waals surface area contributed by atoms with Crippen molar-refractivity contribution in [2.75, 3.05) is 26.7 Å². The molecule has 218 valence electrons. The summed E-state index contributed by atoms with van der Waals surface area (Å²) in [6.07, 6.45) is 1.88. The molecule has 1 aliphatic rings. The number of halogens is 2. The summed E-state index contributed by atoms with van der Waals surface area (Å²) in [5.74, 6) is -1.95. The molecule has 3 aromatic carbocycles. The molecule has 2 amide bonds. The molecule has 1 aliphatic heterocycles. The minimum Gasteiger partial charge on any atom is -0.385 e. The molecule has 0 aliphatic carbocycles. The van der Waals surface area contributed by atoms with Gasteiger partial charge in [0.2, 0.25) is 5.91 Å². The molecule has 2 atom stereocenters. The summed E-state index contributed by atoms with van der Waals surface area (Å²) in [5, 5.41) is 18.4. The second-order valence-corrected chi connectivity index (χ2v) is 11.0. The Morgan fingerprint density at radius 1 is 1.07 bits per heavy atom. The Labute approximate surface area is 240 Å². The molecule has 4 rings (SSSR count). The van der Waals surface area contributed by atoms with Gasteiger partial charge in [0.25, 0.3) is 5.91 Å². The van der Waals surface area contributed by atoms with Crippen molar-refractivity contribution >= 4 is 11.8 Å². The lowest BCUT2D eigenvalue weighted by Crippen LogP contribution is -2.48. The highest BCUT2D eigenvalue weighted by molar-refractivity contribution is 5.94. The van der Waals surface area contributed by atoms with E-state index in [-0.39, 0.29) is 35.9 Å². The maximum absolute atomic E-state index is 15.5. The molecule has 0 aromatic heterocycles. The average Bonchev–Trinajstić information content (AvgIpc) is 2.96. The summed E-state index contributed by atoms with van der Waals surface area (Å²) in [6.45, 7) is 5.06. The number of aliphatic hydroxyl groups is 1. The van der Waals surface area contributed by atoms with Gasteiger partial charge in [-0.15, -0.1) is 0 Å². The van der Waals surface area contributed by atoms with Crippen LogP contribution in [0.1, 0.15) is 59.7 Å². The molecule has 1 fully saturated rings. The van der Waals surface area contributed by atoms with Crippen LogP contribution in [0.15, 0.2) is 60.7 Å². The molecule has 6 nitrogen and oxygen atoms in total. The highest BCUT2D eigenvalue weighted by Gasteiger charge is 2.43. The van der Waals surface area contributed by atoms with E-state index >= 15 is 8.78 Å². The van der Waals surface area contributed by atoms with E-state index in [0.29, 0.717) is 50.0 Å². The van der Waals surface area contributed by atoms with Gasteiger partial charge >= 0.3 is 0 Å². The number of benzene rings is 3. The summed E-state index contributed by atoms with van der Waals surface area (Å²) in [7, 11) is 1.86. The number of carbonyl (C=O) groups excluding carboxylic acids is 2. The number of nitrogens with zero attached hydrogens (tertiary/aromatic N) is 1. The quantitative estimate of drug-likeness (QED) is 0.292. The van der Waals surface area contributed by atoms with Gasteiger partial charge in [0.05, 0.1) is 5.60 Å². The van der Waals surface area contributed by atoms with Crippen LogP contribution >= 0.6 is 0 Å². The number of likely N-dealkylation sites (tertiary alicyclic amines) is 1. The van der Waals surface area contributed by atoms with Crippen molar-refractivity contribution < 1.29 is 23.5 Å². The van der Waals surface area contributed by atoms with Gasteiger partial charge in [0.15, 0.2) is 0 Å². The van der Waals surface area contributed by atoms with E-state index in [9.17, 15) is 14.7 Å². The van der Waals surface area contributed by atoms with Crippen LogP contribution < -0.4 is 10.6 Å². The van der Waals surface area contributed by atoms with Crippen molar-refractivity contribution in [1.29, 1.82) is 0 Å². The van der Waals surface area contributed by atoms with Gasteiger partial charge < -0.3 is 20.6 Å². The number of amides is 2. The number of aryl methyl sites for hydroxylation is 1. The van der Waals surface area contributed by atoms with Crippen LogP contribution in [0.4, 0.5) is 8.78 Å². The van der Waals surface area contributed by atoms with Crippen molar-refractivity contribution in [3.63, 3.8) is 0 Å². The molecular formula is C33H39F2N3O3. The molecule has 8 heteroatoms. The molecule has 0 bridgehead atoms. The molecule has 1 heterocycles. The number of carbonyl (C=O) groups is 2. The second kappa shape index (κ2) is 13.4. The molecular weight excluding hydrogens is 524 g/mol.